The van der Waals surface area contributed by atoms with Crippen molar-refractivity contribution < 1.29 is 4.39 Å². The lowest BCUT2D eigenvalue weighted by Crippen LogP contribution is -2.24. The summed E-state index contributed by atoms with van der Waals surface area (Å²) < 4.78 is 13.5. The molecular weight excluding hydrogens is 249 g/mol. The Morgan fingerprint density at radius 3 is 2.30 bits per heavy atom. The molecule has 0 radical (unpaired) electrons. The van der Waals surface area contributed by atoms with Gasteiger partial charge in [-0.15, -0.1) is 0 Å². The summed E-state index contributed by atoms with van der Waals surface area (Å²) in [6.07, 6.45) is 1.05. The van der Waals surface area contributed by atoms with Crippen LogP contribution in [0.25, 0.3) is 0 Å². The third kappa shape index (κ3) is 3.26. The van der Waals surface area contributed by atoms with E-state index >= 15 is 0 Å². The third-order valence-corrected chi connectivity index (χ3v) is 3.61. The van der Waals surface area contributed by atoms with Crippen LogP contribution in [-0.2, 0) is 0 Å². The molecule has 1 unspecified atom stereocenters. The molecule has 20 heavy (non-hydrogen) atoms. The van der Waals surface area contributed by atoms with Crippen molar-refractivity contribution in [2.45, 2.75) is 33.2 Å². The smallest absolute Gasteiger partial charge is 0.123 e. The van der Waals surface area contributed by atoms with Crippen LogP contribution in [0.2, 0.25) is 0 Å². The van der Waals surface area contributed by atoms with E-state index in [1.807, 2.05) is 6.07 Å². The fourth-order valence-corrected chi connectivity index (χ4v) is 2.64. The predicted octanol–water partition coefficient (Wildman–Crippen LogP) is 4.53. The van der Waals surface area contributed by atoms with Crippen molar-refractivity contribution in [2.75, 3.05) is 6.54 Å². The fraction of sp³-hybridized carbons (Fsp3) is 0.333. The molecular formula is C18H22FN. The number of rotatable bonds is 5. The molecule has 2 aromatic rings. The van der Waals surface area contributed by atoms with Crippen molar-refractivity contribution in [2.24, 2.45) is 0 Å². The normalized spacial score (nSPS) is 12.4. The molecule has 0 aliphatic heterocycles. The van der Waals surface area contributed by atoms with Gasteiger partial charge in [0, 0.05) is 0 Å². The highest BCUT2D eigenvalue weighted by molar-refractivity contribution is 5.42. The largest absolute Gasteiger partial charge is 0.306 e. The molecule has 1 N–H and O–H groups in total. The zero-order valence-electron chi connectivity index (χ0n) is 12.4. The molecule has 0 saturated carbocycles. The molecule has 0 fully saturated rings. The Morgan fingerprint density at radius 2 is 1.70 bits per heavy atom. The van der Waals surface area contributed by atoms with Crippen LogP contribution in [0.3, 0.4) is 0 Å². The van der Waals surface area contributed by atoms with E-state index in [0.717, 1.165) is 18.5 Å². The molecule has 0 bridgehead atoms. The Balaban J connectivity index is 2.47. The number of halogens is 1. The van der Waals surface area contributed by atoms with Gasteiger partial charge in [-0.3, -0.25) is 0 Å². The van der Waals surface area contributed by atoms with Crippen molar-refractivity contribution in [1.82, 2.24) is 5.32 Å². The van der Waals surface area contributed by atoms with Crippen LogP contribution in [0.4, 0.5) is 4.39 Å². The highest BCUT2D eigenvalue weighted by Gasteiger charge is 2.17. The molecule has 106 valence electrons. The van der Waals surface area contributed by atoms with E-state index in [1.165, 1.54) is 22.8 Å². The summed E-state index contributed by atoms with van der Waals surface area (Å²) in [4.78, 5) is 0. The Bertz CT molecular complexity index is 557. The summed E-state index contributed by atoms with van der Waals surface area (Å²) in [5.74, 6) is -0.183. The van der Waals surface area contributed by atoms with Gasteiger partial charge < -0.3 is 5.32 Å². The SMILES string of the molecule is CCCNC(c1cccc(F)c1)c1c(C)cccc1C. The molecule has 2 rings (SSSR count). The maximum absolute atomic E-state index is 13.5. The number of nitrogens with one attached hydrogen (secondary N) is 1. The average molecular weight is 271 g/mol. The van der Waals surface area contributed by atoms with Gasteiger partial charge in [0.05, 0.1) is 6.04 Å². The molecule has 0 saturated heterocycles. The van der Waals surface area contributed by atoms with Crippen LogP contribution in [0.15, 0.2) is 42.5 Å². The van der Waals surface area contributed by atoms with Gasteiger partial charge in [0.15, 0.2) is 0 Å². The van der Waals surface area contributed by atoms with Crippen molar-refractivity contribution in [3.63, 3.8) is 0 Å². The summed E-state index contributed by atoms with van der Waals surface area (Å²) in [5.41, 5.74) is 4.72. The van der Waals surface area contributed by atoms with Crippen LogP contribution in [0.1, 0.15) is 41.6 Å². The summed E-state index contributed by atoms with van der Waals surface area (Å²) in [6, 6.07) is 13.2. The Hall–Kier alpha value is -1.67. The molecule has 1 nitrogen and oxygen atoms in total. The quantitative estimate of drug-likeness (QED) is 0.842. The Labute approximate surface area is 120 Å². The molecule has 1 atom stereocenters. The third-order valence-electron chi connectivity index (χ3n) is 3.61. The standard InChI is InChI=1S/C18H22FN/c1-4-11-20-18(15-9-6-10-16(19)12-15)17-13(2)7-5-8-14(17)3/h5-10,12,18,20H,4,11H2,1-3H3. The fourth-order valence-electron chi connectivity index (χ4n) is 2.64. The molecule has 0 aromatic heterocycles. The van der Waals surface area contributed by atoms with E-state index in [9.17, 15) is 4.39 Å². The van der Waals surface area contributed by atoms with Crippen molar-refractivity contribution in [1.29, 1.82) is 0 Å². The maximum atomic E-state index is 13.5. The number of benzene rings is 2. The van der Waals surface area contributed by atoms with Crippen LogP contribution in [0.5, 0.6) is 0 Å². The van der Waals surface area contributed by atoms with Gasteiger partial charge in [0.2, 0.25) is 0 Å². The van der Waals surface area contributed by atoms with Crippen LogP contribution in [0, 0.1) is 19.7 Å². The molecule has 0 amide bonds. The van der Waals surface area contributed by atoms with Crippen LogP contribution >= 0.6 is 0 Å². The van der Waals surface area contributed by atoms with E-state index in [0.29, 0.717) is 0 Å². The molecule has 2 aromatic carbocycles. The van der Waals surface area contributed by atoms with Gasteiger partial charge in [-0.1, -0.05) is 37.3 Å². The summed E-state index contributed by atoms with van der Waals surface area (Å²) >= 11 is 0. The van der Waals surface area contributed by atoms with E-state index in [4.69, 9.17) is 0 Å². The van der Waals surface area contributed by atoms with Crippen molar-refractivity contribution >= 4 is 0 Å². The lowest BCUT2D eigenvalue weighted by molar-refractivity contribution is 0.582. The minimum Gasteiger partial charge on any atom is -0.306 e. The molecule has 0 aliphatic rings. The number of aryl methyl sites for hydroxylation is 2. The van der Waals surface area contributed by atoms with Gasteiger partial charge in [-0.25, -0.2) is 4.39 Å². The summed E-state index contributed by atoms with van der Waals surface area (Å²) in [7, 11) is 0. The van der Waals surface area contributed by atoms with Gasteiger partial charge >= 0.3 is 0 Å². The zero-order chi connectivity index (χ0) is 14.5. The second-order valence-corrected chi connectivity index (χ2v) is 5.25. The molecule has 0 spiro atoms. The number of hydrogen-bond donors (Lipinski definition) is 1. The Morgan fingerprint density at radius 1 is 1.05 bits per heavy atom. The number of hydrogen-bond acceptors (Lipinski definition) is 1. The second kappa shape index (κ2) is 6.67. The lowest BCUT2D eigenvalue weighted by Gasteiger charge is -2.23. The van der Waals surface area contributed by atoms with Crippen molar-refractivity contribution in [3.05, 3.63) is 70.5 Å². The first kappa shape index (κ1) is 14.7. The minimum absolute atomic E-state index is 0.0480. The van der Waals surface area contributed by atoms with Crippen LogP contribution in [-0.4, -0.2) is 6.54 Å². The zero-order valence-corrected chi connectivity index (χ0v) is 12.4. The van der Waals surface area contributed by atoms with E-state index in [1.54, 1.807) is 12.1 Å². The highest BCUT2D eigenvalue weighted by Crippen LogP contribution is 2.28. The molecule has 2 heteroatoms. The summed E-state index contributed by atoms with van der Waals surface area (Å²) in [5, 5.41) is 3.54. The second-order valence-electron chi connectivity index (χ2n) is 5.25. The first-order valence-electron chi connectivity index (χ1n) is 7.18. The van der Waals surface area contributed by atoms with E-state index in [-0.39, 0.29) is 11.9 Å². The van der Waals surface area contributed by atoms with Crippen LogP contribution < -0.4 is 5.32 Å². The minimum atomic E-state index is -0.183. The molecule has 0 aliphatic carbocycles. The lowest BCUT2D eigenvalue weighted by atomic mass is 9.91. The van der Waals surface area contributed by atoms with Gasteiger partial charge in [-0.2, -0.15) is 0 Å². The molecule has 0 heterocycles. The topological polar surface area (TPSA) is 12.0 Å². The average Bonchev–Trinajstić information content (AvgIpc) is 2.42. The van der Waals surface area contributed by atoms with Crippen molar-refractivity contribution in [3.8, 4) is 0 Å². The monoisotopic (exact) mass is 271 g/mol. The summed E-state index contributed by atoms with van der Waals surface area (Å²) in [6.45, 7) is 7.28. The first-order valence-corrected chi connectivity index (χ1v) is 7.18. The first-order chi connectivity index (χ1) is 9.63. The van der Waals surface area contributed by atoms with Gasteiger partial charge in [0.25, 0.3) is 0 Å². The Kier molecular flexibility index (Phi) is 4.91. The maximum Gasteiger partial charge on any atom is 0.123 e. The highest BCUT2D eigenvalue weighted by atomic mass is 19.1. The van der Waals surface area contributed by atoms with Gasteiger partial charge in [-0.05, 0) is 61.2 Å². The van der Waals surface area contributed by atoms with E-state index < -0.39 is 0 Å². The predicted molar refractivity (Wildman–Crippen MR) is 82.5 cm³/mol. The van der Waals surface area contributed by atoms with E-state index in [2.05, 4.69) is 44.3 Å². The van der Waals surface area contributed by atoms with Gasteiger partial charge in [0.1, 0.15) is 5.82 Å².